The molecule has 0 aliphatic rings. The van der Waals surface area contributed by atoms with E-state index >= 15 is 0 Å². The number of esters is 1. The van der Waals surface area contributed by atoms with Crippen molar-refractivity contribution in [2.45, 2.75) is 13.8 Å². The van der Waals surface area contributed by atoms with Crippen LogP contribution in [0.4, 0.5) is 5.69 Å². The molecular formula is C32H27N3O4. The van der Waals surface area contributed by atoms with Crippen molar-refractivity contribution in [3.63, 3.8) is 0 Å². The minimum Gasteiger partial charge on any atom is -0.495 e. The molecule has 194 valence electrons. The van der Waals surface area contributed by atoms with E-state index in [-0.39, 0.29) is 5.56 Å². The maximum Gasteiger partial charge on any atom is 0.338 e. The molecule has 0 atom stereocenters. The molecule has 0 unspecified atom stereocenters. The third-order valence-corrected chi connectivity index (χ3v) is 6.27. The quantitative estimate of drug-likeness (QED) is 0.252. The Bertz CT molecular complexity index is 1660. The van der Waals surface area contributed by atoms with E-state index in [0.29, 0.717) is 28.2 Å². The van der Waals surface area contributed by atoms with Crippen molar-refractivity contribution in [1.82, 2.24) is 9.97 Å². The molecule has 1 amide bonds. The van der Waals surface area contributed by atoms with Crippen molar-refractivity contribution < 1.29 is 19.1 Å². The van der Waals surface area contributed by atoms with Gasteiger partial charge in [-0.2, -0.15) is 0 Å². The predicted octanol–water partition coefficient (Wildman–Crippen LogP) is 6.38. The number of aromatic nitrogens is 2. The van der Waals surface area contributed by atoms with E-state index in [2.05, 4.69) is 5.32 Å². The van der Waals surface area contributed by atoms with E-state index in [9.17, 15) is 9.59 Å². The SMILES string of the molecule is COc1ccccc1NC(=O)COC(=O)c1ccc2nc(-c3ccc(C)cc3)c(-c3ccc(C)cc3)nc2c1. The second-order valence-corrected chi connectivity index (χ2v) is 9.18. The zero-order valence-corrected chi connectivity index (χ0v) is 21.9. The number of carbonyl (C=O) groups excluding carboxylic acids is 2. The van der Waals surface area contributed by atoms with Crippen molar-refractivity contribution in [3.8, 4) is 28.3 Å². The van der Waals surface area contributed by atoms with Crippen LogP contribution in [-0.2, 0) is 9.53 Å². The molecular weight excluding hydrogens is 490 g/mol. The Labute approximate surface area is 226 Å². The van der Waals surface area contributed by atoms with Gasteiger partial charge in [-0.3, -0.25) is 4.79 Å². The Kier molecular flexibility index (Phi) is 7.32. The lowest BCUT2D eigenvalue weighted by atomic mass is 10.0. The van der Waals surface area contributed by atoms with Gasteiger partial charge in [0.2, 0.25) is 0 Å². The first-order valence-electron chi connectivity index (χ1n) is 12.5. The van der Waals surface area contributed by atoms with Gasteiger partial charge in [-0.1, -0.05) is 71.8 Å². The number of methoxy groups -OCH3 is 1. The number of hydrogen-bond acceptors (Lipinski definition) is 6. The second-order valence-electron chi connectivity index (χ2n) is 9.18. The summed E-state index contributed by atoms with van der Waals surface area (Å²) < 4.78 is 10.5. The summed E-state index contributed by atoms with van der Waals surface area (Å²) in [5.74, 6) is -0.592. The smallest absolute Gasteiger partial charge is 0.338 e. The molecule has 0 bridgehead atoms. The summed E-state index contributed by atoms with van der Waals surface area (Å²) in [5, 5.41) is 2.69. The van der Waals surface area contributed by atoms with Crippen LogP contribution >= 0.6 is 0 Å². The molecule has 0 saturated carbocycles. The zero-order valence-electron chi connectivity index (χ0n) is 21.9. The number of aryl methyl sites for hydroxylation is 2. The van der Waals surface area contributed by atoms with Crippen LogP contribution < -0.4 is 10.1 Å². The zero-order chi connectivity index (χ0) is 27.4. The van der Waals surface area contributed by atoms with Crippen molar-refractivity contribution in [3.05, 3.63) is 108 Å². The van der Waals surface area contributed by atoms with Crippen LogP contribution in [0, 0.1) is 13.8 Å². The number of para-hydroxylation sites is 2. The highest BCUT2D eigenvalue weighted by Crippen LogP contribution is 2.32. The number of benzene rings is 4. The largest absolute Gasteiger partial charge is 0.495 e. The molecule has 0 radical (unpaired) electrons. The molecule has 4 aromatic carbocycles. The number of hydrogen-bond donors (Lipinski definition) is 1. The van der Waals surface area contributed by atoms with Gasteiger partial charge in [-0.15, -0.1) is 0 Å². The van der Waals surface area contributed by atoms with Gasteiger partial charge >= 0.3 is 5.97 Å². The van der Waals surface area contributed by atoms with E-state index in [0.717, 1.165) is 27.9 Å². The topological polar surface area (TPSA) is 90.4 Å². The van der Waals surface area contributed by atoms with E-state index < -0.39 is 18.5 Å². The van der Waals surface area contributed by atoms with Gasteiger partial charge in [0, 0.05) is 11.1 Å². The van der Waals surface area contributed by atoms with Gasteiger partial charge in [0.1, 0.15) is 5.75 Å². The number of fused-ring (bicyclic) bond motifs is 1. The number of rotatable bonds is 7. The highest BCUT2D eigenvalue weighted by Gasteiger charge is 2.17. The number of nitrogens with zero attached hydrogens (tertiary/aromatic N) is 2. The second kappa shape index (κ2) is 11.1. The molecule has 0 fully saturated rings. The Hall–Kier alpha value is -5.04. The van der Waals surface area contributed by atoms with E-state index in [1.54, 1.807) is 42.5 Å². The van der Waals surface area contributed by atoms with Gasteiger partial charge in [0.15, 0.2) is 6.61 Å². The highest BCUT2D eigenvalue weighted by atomic mass is 16.5. The fourth-order valence-electron chi connectivity index (χ4n) is 4.16. The van der Waals surface area contributed by atoms with Crippen LogP contribution in [0.5, 0.6) is 5.75 Å². The molecule has 39 heavy (non-hydrogen) atoms. The Morgan fingerprint density at radius 1 is 0.744 bits per heavy atom. The van der Waals surface area contributed by atoms with Crippen LogP contribution in [-0.4, -0.2) is 35.6 Å². The van der Waals surface area contributed by atoms with Gasteiger partial charge < -0.3 is 14.8 Å². The van der Waals surface area contributed by atoms with Crippen LogP contribution in [0.25, 0.3) is 33.5 Å². The third kappa shape index (κ3) is 5.78. The maximum absolute atomic E-state index is 12.8. The molecule has 0 aliphatic heterocycles. The first-order valence-corrected chi connectivity index (χ1v) is 12.5. The number of ether oxygens (including phenoxy) is 2. The highest BCUT2D eigenvalue weighted by molar-refractivity contribution is 5.98. The molecule has 0 spiro atoms. The van der Waals surface area contributed by atoms with E-state index in [1.165, 1.54) is 7.11 Å². The minimum absolute atomic E-state index is 0.278. The van der Waals surface area contributed by atoms with E-state index in [4.69, 9.17) is 19.4 Å². The van der Waals surface area contributed by atoms with Gasteiger partial charge in [0.25, 0.3) is 5.91 Å². The lowest BCUT2D eigenvalue weighted by molar-refractivity contribution is -0.119. The predicted molar refractivity (Wildman–Crippen MR) is 152 cm³/mol. The summed E-state index contributed by atoms with van der Waals surface area (Å²) >= 11 is 0. The van der Waals surface area contributed by atoms with Gasteiger partial charge in [0.05, 0.1) is 40.8 Å². The van der Waals surface area contributed by atoms with Gasteiger partial charge in [-0.25, -0.2) is 14.8 Å². The fraction of sp³-hybridized carbons (Fsp3) is 0.125. The number of nitrogens with one attached hydrogen (secondary N) is 1. The summed E-state index contributed by atoms with van der Waals surface area (Å²) in [6.45, 7) is 3.63. The molecule has 7 heteroatoms. The van der Waals surface area contributed by atoms with Crippen LogP contribution in [0.1, 0.15) is 21.5 Å². The monoisotopic (exact) mass is 517 g/mol. The van der Waals surface area contributed by atoms with Crippen LogP contribution in [0.2, 0.25) is 0 Å². The normalized spacial score (nSPS) is 10.7. The van der Waals surface area contributed by atoms with Gasteiger partial charge in [-0.05, 0) is 44.2 Å². The average Bonchev–Trinajstić information content (AvgIpc) is 2.96. The fourth-order valence-corrected chi connectivity index (χ4v) is 4.16. The average molecular weight is 518 g/mol. The summed E-state index contributed by atoms with van der Waals surface area (Å²) in [6.07, 6.45) is 0. The number of amides is 1. The Morgan fingerprint density at radius 2 is 1.33 bits per heavy atom. The molecule has 0 saturated heterocycles. The van der Waals surface area contributed by atoms with Crippen LogP contribution in [0.15, 0.2) is 91.0 Å². The molecule has 5 rings (SSSR count). The lowest BCUT2D eigenvalue weighted by Crippen LogP contribution is -2.21. The summed E-state index contributed by atoms with van der Waals surface area (Å²) in [6, 6.07) is 28.3. The summed E-state index contributed by atoms with van der Waals surface area (Å²) in [7, 11) is 1.52. The maximum atomic E-state index is 12.8. The number of anilines is 1. The van der Waals surface area contributed by atoms with E-state index in [1.807, 2.05) is 62.4 Å². The third-order valence-electron chi connectivity index (χ3n) is 6.27. The first kappa shape index (κ1) is 25.6. The lowest BCUT2D eigenvalue weighted by Gasteiger charge is -2.12. The molecule has 0 aliphatic carbocycles. The molecule has 1 heterocycles. The van der Waals surface area contributed by atoms with Crippen molar-refractivity contribution in [2.24, 2.45) is 0 Å². The molecule has 7 nitrogen and oxygen atoms in total. The summed E-state index contributed by atoms with van der Waals surface area (Å²) in [5.41, 5.74) is 7.62. The molecule has 5 aromatic rings. The van der Waals surface area contributed by atoms with Crippen molar-refractivity contribution >= 4 is 28.6 Å². The standard InChI is InChI=1S/C32H27N3O4/c1-20-8-12-22(13-9-20)30-31(23-14-10-21(2)11-15-23)35-27-18-24(16-17-25(27)34-30)32(37)39-19-29(36)33-26-6-4-5-7-28(26)38-3/h4-18H,19H2,1-3H3,(H,33,36). The van der Waals surface area contributed by atoms with Crippen molar-refractivity contribution in [1.29, 1.82) is 0 Å². The van der Waals surface area contributed by atoms with Crippen LogP contribution in [0.3, 0.4) is 0 Å². The Morgan fingerprint density at radius 3 is 1.95 bits per heavy atom. The van der Waals surface area contributed by atoms with Crippen molar-refractivity contribution in [2.75, 3.05) is 19.0 Å². The first-order chi connectivity index (χ1) is 18.9. The summed E-state index contributed by atoms with van der Waals surface area (Å²) in [4.78, 5) is 35.0. The number of carbonyl (C=O) groups is 2. The minimum atomic E-state index is -0.631. The molecule has 1 aromatic heterocycles. The Balaban J connectivity index is 1.42. The molecule has 1 N–H and O–H groups in total.